The van der Waals surface area contributed by atoms with E-state index in [1.165, 1.54) is 25.7 Å². The average molecular weight is 222 g/mol. The summed E-state index contributed by atoms with van der Waals surface area (Å²) in [6.07, 6.45) is 9.13. The Kier molecular flexibility index (Phi) is 2.29. The zero-order chi connectivity index (χ0) is 11.2. The minimum Gasteiger partial charge on any atom is -0.342 e. The van der Waals surface area contributed by atoms with Gasteiger partial charge in [0, 0.05) is 18.6 Å². The van der Waals surface area contributed by atoms with E-state index in [1.54, 1.807) is 0 Å². The summed E-state index contributed by atoms with van der Waals surface area (Å²) in [6, 6.07) is 0. The molecule has 90 valence electrons. The molecule has 3 nitrogen and oxygen atoms in total. The molecule has 16 heavy (non-hydrogen) atoms. The Morgan fingerprint density at radius 1 is 0.938 bits per heavy atom. The van der Waals surface area contributed by atoms with E-state index in [0.717, 1.165) is 38.8 Å². The molecule has 1 amide bonds. The standard InChI is InChI=1S/C13H22N2O/c14-13(7-8-13)12(5-6-12)11(16)15-9-3-1-2-4-10-15/h1-10,14H2. The Hall–Kier alpha value is -0.570. The van der Waals surface area contributed by atoms with E-state index in [0.29, 0.717) is 5.91 Å². The summed E-state index contributed by atoms with van der Waals surface area (Å²) < 4.78 is 0. The molecule has 2 saturated carbocycles. The zero-order valence-corrected chi connectivity index (χ0v) is 10.0. The first-order valence-electron chi connectivity index (χ1n) is 6.76. The fraction of sp³-hybridized carbons (Fsp3) is 0.923. The van der Waals surface area contributed by atoms with Gasteiger partial charge in [-0.15, -0.1) is 0 Å². The molecule has 3 aliphatic rings. The number of rotatable bonds is 2. The second-order valence-corrected chi connectivity index (χ2v) is 5.94. The van der Waals surface area contributed by atoms with Crippen molar-refractivity contribution in [2.45, 2.75) is 56.9 Å². The largest absolute Gasteiger partial charge is 0.342 e. The highest BCUT2D eigenvalue weighted by atomic mass is 16.2. The highest BCUT2D eigenvalue weighted by Gasteiger charge is 2.68. The summed E-state index contributed by atoms with van der Waals surface area (Å²) in [5, 5.41) is 0. The molecule has 0 unspecified atom stereocenters. The maximum Gasteiger partial charge on any atom is 0.230 e. The normalized spacial score (nSPS) is 30.7. The van der Waals surface area contributed by atoms with Gasteiger partial charge in [0.1, 0.15) is 0 Å². The summed E-state index contributed by atoms with van der Waals surface area (Å²) in [7, 11) is 0. The first-order valence-corrected chi connectivity index (χ1v) is 6.76. The predicted molar refractivity (Wildman–Crippen MR) is 62.9 cm³/mol. The minimum atomic E-state index is -0.128. The average Bonchev–Trinajstić information content (AvgIpc) is 3.14. The summed E-state index contributed by atoms with van der Waals surface area (Å²) >= 11 is 0. The molecule has 1 saturated heterocycles. The number of carbonyl (C=O) groups is 1. The van der Waals surface area contributed by atoms with Crippen LogP contribution in [0.4, 0.5) is 0 Å². The minimum absolute atomic E-state index is 0.115. The number of amides is 1. The second-order valence-electron chi connectivity index (χ2n) is 5.94. The third kappa shape index (κ3) is 1.48. The fourth-order valence-electron chi connectivity index (χ4n) is 3.24. The van der Waals surface area contributed by atoms with Gasteiger partial charge in [0.2, 0.25) is 5.91 Å². The monoisotopic (exact) mass is 222 g/mol. The maximum atomic E-state index is 12.6. The number of hydrogen-bond donors (Lipinski definition) is 1. The van der Waals surface area contributed by atoms with Gasteiger partial charge in [-0.1, -0.05) is 12.8 Å². The van der Waals surface area contributed by atoms with Crippen LogP contribution >= 0.6 is 0 Å². The quantitative estimate of drug-likeness (QED) is 0.772. The first-order chi connectivity index (χ1) is 7.68. The molecule has 3 heteroatoms. The van der Waals surface area contributed by atoms with E-state index in [1.807, 2.05) is 0 Å². The van der Waals surface area contributed by atoms with Crippen LogP contribution in [0.3, 0.4) is 0 Å². The Labute approximate surface area is 97.4 Å². The topological polar surface area (TPSA) is 46.3 Å². The molecule has 0 aromatic rings. The lowest BCUT2D eigenvalue weighted by Gasteiger charge is -2.29. The van der Waals surface area contributed by atoms with Crippen LogP contribution in [0, 0.1) is 5.41 Å². The highest BCUT2D eigenvalue weighted by molar-refractivity contribution is 5.87. The van der Waals surface area contributed by atoms with Gasteiger partial charge < -0.3 is 10.6 Å². The molecule has 0 aromatic heterocycles. The van der Waals surface area contributed by atoms with E-state index in [-0.39, 0.29) is 11.0 Å². The molecule has 2 aliphatic carbocycles. The van der Waals surface area contributed by atoms with Crippen molar-refractivity contribution in [3.05, 3.63) is 0 Å². The summed E-state index contributed by atoms with van der Waals surface area (Å²) in [5.74, 6) is 0.384. The smallest absolute Gasteiger partial charge is 0.230 e. The Morgan fingerprint density at radius 2 is 1.50 bits per heavy atom. The Morgan fingerprint density at radius 3 is 1.94 bits per heavy atom. The van der Waals surface area contributed by atoms with Crippen LogP contribution in [0.15, 0.2) is 0 Å². The van der Waals surface area contributed by atoms with Crippen molar-refractivity contribution in [1.82, 2.24) is 4.90 Å². The maximum absolute atomic E-state index is 12.6. The third-order valence-electron chi connectivity index (χ3n) is 4.79. The molecular weight excluding hydrogens is 200 g/mol. The molecule has 1 heterocycles. The van der Waals surface area contributed by atoms with Gasteiger partial charge in [0.05, 0.1) is 5.41 Å². The van der Waals surface area contributed by atoms with Gasteiger partial charge in [-0.25, -0.2) is 0 Å². The van der Waals surface area contributed by atoms with Crippen LogP contribution in [0.2, 0.25) is 0 Å². The van der Waals surface area contributed by atoms with Crippen LogP contribution in [-0.4, -0.2) is 29.4 Å². The van der Waals surface area contributed by atoms with Crippen LogP contribution < -0.4 is 5.73 Å². The van der Waals surface area contributed by atoms with Gasteiger partial charge in [0.15, 0.2) is 0 Å². The van der Waals surface area contributed by atoms with Crippen LogP contribution in [0.1, 0.15) is 51.4 Å². The van der Waals surface area contributed by atoms with Gasteiger partial charge in [-0.3, -0.25) is 4.79 Å². The lowest BCUT2D eigenvalue weighted by atomic mass is 9.92. The Balaban J connectivity index is 1.72. The summed E-state index contributed by atoms with van der Waals surface area (Å²) in [6.45, 7) is 1.94. The molecule has 2 N–H and O–H groups in total. The van der Waals surface area contributed by atoms with Gasteiger partial charge >= 0.3 is 0 Å². The van der Waals surface area contributed by atoms with Crippen LogP contribution in [0.25, 0.3) is 0 Å². The summed E-state index contributed by atoms with van der Waals surface area (Å²) in [4.78, 5) is 14.7. The van der Waals surface area contributed by atoms with E-state index in [9.17, 15) is 4.79 Å². The molecular formula is C13H22N2O. The number of nitrogens with zero attached hydrogens (tertiary/aromatic N) is 1. The third-order valence-corrected chi connectivity index (χ3v) is 4.79. The molecule has 0 aromatic carbocycles. The molecule has 3 fully saturated rings. The highest BCUT2D eigenvalue weighted by Crippen LogP contribution is 2.63. The van der Waals surface area contributed by atoms with E-state index >= 15 is 0 Å². The SMILES string of the molecule is NC1(C2(C(=O)N3CCCCCC3)CC2)CC1. The fourth-order valence-corrected chi connectivity index (χ4v) is 3.24. The molecule has 1 aliphatic heterocycles. The van der Waals surface area contributed by atoms with Crippen LogP contribution in [-0.2, 0) is 4.79 Å². The van der Waals surface area contributed by atoms with E-state index in [4.69, 9.17) is 5.73 Å². The van der Waals surface area contributed by atoms with Gasteiger partial charge in [-0.2, -0.15) is 0 Å². The van der Waals surface area contributed by atoms with Crippen molar-refractivity contribution in [2.24, 2.45) is 11.1 Å². The number of hydrogen-bond acceptors (Lipinski definition) is 2. The molecule has 0 bridgehead atoms. The first kappa shape index (κ1) is 10.6. The van der Waals surface area contributed by atoms with Crippen molar-refractivity contribution in [3.63, 3.8) is 0 Å². The van der Waals surface area contributed by atoms with Crippen molar-refractivity contribution < 1.29 is 4.79 Å². The summed E-state index contributed by atoms with van der Waals surface area (Å²) in [5.41, 5.74) is 6.04. The van der Waals surface area contributed by atoms with Gasteiger partial charge in [-0.05, 0) is 38.5 Å². The lowest BCUT2D eigenvalue weighted by Crippen LogP contribution is -2.47. The molecule has 0 spiro atoms. The number of likely N-dealkylation sites (tertiary alicyclic amines) is 1. The zero-order valence-electron chi connectivity index (χ0n) is 10.0. The van der Waals surface area contributed by atoms with Crippen LogP contribution in [0.5, 0.6) is 0 Å². The lowest BCUT2D eigenvalue weighted by molar-refractivity contribution is -0.138. The van der Waals surface area contributed by atoms with Crippen molar-refractivity contribution in [2.75, 3.05) is 13.1 Å². The number of nitrogens with two attached hydrogens (primary N) is 1. The molecule has 3 rings (SSSR count). The van der Waals surface area contributed by atoms with Crippen molar-refractivity contribution in [1.29, 1.82) is 0 Å². The van der Waals surface area contributed by atoms with Crippen molar-refractivity contribution in [3.8, 4) is 0 Å². The van der Waals surface area contributed by atoms with Gasteiger partial charge in [0.25, 0.3) is 0 Å². The Bertz CT molecular complexity index is 297. The number of carbonyl (C=O) groups excluding carboxylic acids is 1. The van der Waals surface area contributed by atoms with E-state index < -0.39 is 0 Å². The second kappa shape index (κ2) is 3.46. The van der Waals surface area contributed by atoms with E-state index in [2.05, 4.69) is 4.90 Å². The predicted octanol–water partition coefficient (Wildman–Crippen LogP) is 1.66. The molecule has 0 atom stereocenters. The van der Waals surface area contributed by atoms with Crippen molar-refractivity contribution >= 4 is 5.91 Å². The molecule has 0 radical (unpaired) electrons.